The first-order valence-electron chi connectivity index (χ1n) is 9.40. The molecule has 0 radical (unpaired) electrons. The number of carbonyl (C=O) groups is 1. The topological polar surface area (TPSA) is 68.2 Å². The van der Waals surface area contributed by atoms with Crippen LogP contribution in [0.5, 0.6) is 23.0 Å². The quantitative estimate of drug-likeness (QED) is 0.736. The average molecular weight is 385 g/mol. The third-order valence-electron chi connectivity index (χ3n) is 5.26. The van der Waals surface area contributed by atoms with Gasteiger partial charge in [0.2, 0.25) is 0 Å². The van der Waals surface area contributed by atoms with Gasteiger partial charge < -0.3 is 19.3 Å². The van der Waals surface area contributed by atoms with Crippen molar-refractivity contribution >= 4 is 5.78 Å². The van der Waals surface area contributed by atoms with E-state index in [2.05, 4.69) is 4.90 Å². The molecule has 1 atom stereocenters. The number of phenolic OH excluding ortho intramolecular Hbond substituents is 1. The summed E-state index contributed by atoms with van der Waals surface area (Å²) in [6, 6.07) is 10.5. The van der Waals surface area contributed by atoms with Crippen LogP contribution in [0.2, 0.25) is 0 Å². The number of rotatable bonds is 7. The number of benzene rings is 2. The fourth-order valence-corrected chi connectivity index (χ4v) is 3.76. The van der Waals surface area contributed by atoms with Crippen LogP contribution in [0.4, 0.5) is 0 Å². The number of likely N-dealkylation sites (tertiary alicyclic amines) is 1. The number of carbonyl (C=O) groups excluding carboxylic acids is 1. The Morgan fingerprint density at radius 1 is 1.11 bits per heavy atom. The zero-order valence-electron chi connectivity index (χ0n) is 16.6. The van der Waals surface area contributed by atoms with E-state index in [0.717, 1.165) is 24.9 Å². The van der Waals surface area contributed by atoms with E-state index in [0.29, 0.717) is 35.9 Å². The largest absolute Gasteiger partial charge is 0.507 e. The summed E-state index contributed by atoms with van der Waals surface area (Å²) in [7, 11) is 4.74. The minimum Gasteiger partial charge on any atom is -0.507 e. The number of methoxy groups -OCH3 is 3. The van der Waals surface area contributed by atoms with Gasteiger partial charge in [0.1, 0.15) is 23.0 Å². The van der Waals surface area contributed by atoms with E-state index in [4.69, 9.17) is 14.2 Å². The smallest absolute Gasteiger partial charge is 0.170 e. The zero-order valence-corrected chi connectivity index (χ0v) is 16.6. The van der Waals surface area contributed by atoms with Gasteiger partial charge in [0, 0.05) is 30.6 Å². The van der Waals surface area contributed by atoms with Crippen LogP contribution >= 0.6 is 0 Å². The number of nitrogens with zero attached hydrogens (tertiary/aromatic N) is 1. The fraction of sp³-hybridized carbons (Fsp3) is 0.409. The van der Waals surface area contributed by atoms with E-state index in [1.807, 2.05) is 6.07 Å². The van der Waals surface area contributed by atoms with E-state index in [1.54, 1.807) is 51.7 Å². The second kappa shape index (κ2) is 8.97. The number of phenols is 1. The Bertz CT molecular complexity index is 836. The van der Waals surface area contributed by atoms with E-state index in [9.17, 15) is 9.90 Å². The first-order chi connectivity index (χ1) is 13.6. The first kappa shape index (κ1) is 20.0. The zero-order chi connectivity index (χ0) is 20.1. The minimum absolute atomic E-state index is 0.0773. The van der Waals surface area contributed by atoms with E-state index < -0.39 is 0 Å². The van der Waals surface area contributed by atoms with Crippen LogP contribution in [0.15, 0.2) is 36.4 Å². The van der Waals surface area contributed by atoms with Gasteiger partial charge in [-0.25, -0.2) is 0 Å². The SMILES string of the molecule is COc1ccc(C(=O)[C@@H]2CCCN(Cc3c(O)cccc3OC)C2)c(OC)c1. The highest BCUT2D eigenvalue weighted by atomic mass is 16.5. The summed E-state index contributed by atoms with van der Waals surface area (Å²) in [5.41, 5.74) is 1.33. The molecule has 6 nitrogen and oxygen atoms in total. The van der Waals surface area contributed by atoms with Gasteiger partial charge in [-0.15, -0.1) is 0 Å². The Morgan fingerprint density at radius 2 is 1.89 bits per heavy atom. The van der Waals surface area contributed by atoms with Crippen molar-refractivity contribution in [1.29, 1.82) is 0 Å². The van der Waals surface area contributed by atoms with Crippen molar-refractivity contribution < 1.29 is 24.1 Å². The summed E-state index contributed by atoms with van der Waals surface area (Å²) in [4.78, 5) is 15.3. The van der Waals surface area contributed by atoms with E-state index in [1.165, 1.54) is 0 Å². The van der Waals surface area contributed by atoms with Crippen LogP contribution in [0.1, 0.15) is 28.8 Å². The standard InChI is InChI=1S/C22H27NO5/c1-26-16-9-10-17(21(12-16)28-3)22(25)15-6-5-11-23(13-15)14-18-19(24)7-4-8-20(18)27-2/h4,7-10,12,15,24H,5-6,11,13-14H2,1-3H3/t15-/m1/s1. The Labute approximate surface area is 165 Å². The molecule has 3 rings (SSSR count). The number of ether oxygens (including phenoxy) is 3. The van der Waals surface area contributed by atoms with Crippen molar-refractivity contribution in [2.24, 2.45) is 5.92 Å². The molecule has 6 heteroatoms. The number of aromatic hydroxyl groups is 1. The number of ketones is 1. The van der Waals surface area contributed by atoms with Gasteiger partial charge in [0.05, 0.1) is 26.9 Å². The molecule has 1 aliphatic heterocycles. The second-order valence-electron chi connectivity index (χ2n) is 6.96. The molecule has 0 aromatic heterocycles. The molecule has 1 aliphatic rings. The molecule has 1 saturated heterocycles. The van der Waals surface area contributed by atoms with Gasteiger partial charge in [0.25, 0.3) is 0 Å². The molecule has 0 unspecified atom stereocenters. The molecular weight excluding hydrogens is 358 g/mol. The van der Waals surface area contributed by atoms with Crippen LogP contribution in [-0.4, -0.2) is 50.2 Å². The molecule has 2 aromatic rings. The number of Topliss-reactive ketones (excluding diaryl/α,β-unsaturated/α-hetero) is 1. The van der Waals surface area contributed by atoms with Crippen molar-refractivity contribution in [2.75, 3.05) is 34.4 Å². The Balaban J connectivity index is 1.76. The highest BCUT2D eigenvalue weighted by molar-refractivity contribution is 6.00. The van der Waals surface area contributed by atoms with Gasteiger partial charge in [-0.05, 0) is 43.7 Å². The molecule has 0 amide bonds. The van der Waals surface area contributed by atoms with Crippen LogP contribution in [0.3, 0.4) is 0 Å². The summed E-state index contributed by atoms with van der Waals surface area (Å²) in [5, 5.41) is 10.2. The summed E-state index contributed by atoms with van der Waals surface area (Å²) in [6.45, 7) is 2.05. The van der Waals surface area contributed by atoms with Crippen LogP contribution in [0, 0.1) is 5.92 Å². The third-order valence-corrected chi connectivity index (χ3v) is 5.26. The lowest BCUT2D eigenvalue weighted by atomic mass is 9.89. The summed E-state index contributed by atoms with van der Waals surface area (Å²) < 4.78 is 16.0. The molecule has 150 valence electrons. The minimum atomic E-state index is -0.118. The molecule has 1 heterocycles. The Kier molecular flexibility index (Phi) is 6.41. The van der Waals surface area contributed by atoms with Crippen LogP contribution < -0.4 is 14.2 Å². The highest BCUT2D eigenvalue weighted by Crippen LogP contribution is 2.32. The van der Waals surface area contributed by atoms with Gasteiger partial charge >= 0.3 is 0 Å². The maximum absolute atomic E-state index is 13.1. The predicted molar refractivity (Wildman–Crippen MR) is 107 cm³/mol. The lowest BCUT2D eigenvalue weighted by molar-refractivity contribution is 0.0807. The average Bonchev–Trinajstić information content (AvgIpc) is 2.74. The first-order valence-corrected chi connectivity index (χ1v) is 9.40. The van der Waals surface area contributed by atoms with E-state index >= 15 is 0 Å². The third kappa shape index (κ3) is 4.22. The number of hydrogen-bond acceptors (Lipinski definition) is 6. The maximum atomic E-state index is 13.1. The molecule has 28 heavy (non-hydrogen) atoms. The monoisotopic (exact) mass is 385 g/mol. The number of hydrogen-bond donors (Lipinski definition) is 1. The van der Waals surface area contributed by atoms with Crippen LogP contribution in [0.25, 0.3) is 0 Å². The molecular formula is C22H27NO5. The van der Waals surface area contributed by atoms with Gasteiger partial charge in [-0.3, -0.25) is 9.69 Å². The van der Waals surface area contributed by atoms with Gasteiger partial charge in [0.15, 0.2) is 5.78 Å². The summed E-state index contributed by atoms with van der Waals surface area (Å²) in [6.07, 6.45) is 1.76. The van der Waals surface area contributed by atoms with Gasteiger partial charge in [-0.1, -0.05) is 6.07 Å². The van der Waals surface area contributed by atoms with Gasteiger partial charge in [-0.2, -0.15) is 0 Å². The summed E-state index contributed by atoms with van der Waals surface area (Å²) in [5.74, 6) is 2.02. The molecule has 0 spiro atoms. The fourth-order valence-electron chi connectivity index (χ4n) is 3.76. The molecule has 0 saturated carbocycles. The number of piperidine rings is 1. The lowest BCUT2D eigenvalue weighted by Gasteiger charge is -2.32. The molecule has 2 aromatic carbocycles. The lowest BCUT2D eigenvalue weighted by Crippen LogP contribution is -2.38. The van der Waals surface area contributed by atoms with E-state index in [-0.39, 0.29) is 17.5 Å². The normalized spacial score (nSPS) is 17.2. The second-order valence-corrected chi connectivity index (χ2v) is 6.96. The van der Waals surface area contributed by atoms with Crippen LogP contribution in [-0.2, 0) is 6.54 Å². The highest BCUT2D eigenvalue weighted by Gasteiger charge is 2.29. The Morgan fingerprint density at radius 3 is 2.61 bits per heavy atom. The molecule has 1 fully saturated rings. The Hall–Kier alpha value is -2.73. The summed E-state index contributed by atoms with van der Waals surface area (Å²) >= 11 is 0. The van der Waals surface area contributed by atoms with Crippen molar-refractivity contribution in [3.05, 3.63) is 47.5 Å². The van der Waals surface area contributed by atoms with Crippen molar-refractivity contribution in [3.8, 4) is 23.0 Å². The van der Waals surface area contributed by atoms with Crippen molar-refractivity contribution in [1.82, 2.24) is 4.90 Å². The van der Waals surface area contributed by atoms with Crippen molar-refractivity contribution in [3.63, 3.8) is 0 Å². The predicted octanol–water partition coefficient (Wildman–Crippen LogP) is 3.51. The maximum Gasteiger partial charge on any atom is 0.170 e. The molecule has 0 bridgehead atoms. The molecule has 1 N–H and O–H groups in total. The van der Waals surface area contributed by atoms with Crippen molar-refractivity contribution in [2.45, 2.75) is 19.4 Å². The molecule has 0 aliphatic carbocycles.